The summed E-state index contributed by atoms with van der Waals surface area (Å²) in [6.45, 7) is 6.46. The molecule has 1 heterocycles. The van der Waals surface area contributed by atoms with Gasteiger partial charge < -0.3 is 9.73 Å². The average Bonchev–Trinajstić information content (AvgIpc) is 2.96. The Labute approximate surface area is 153 Å². The molecule has 6 nitrogen and oxygen atoms in total. The molecule has 0 bridgehead atoms. The number of hydrogen-bond acceptors (Lipinski definition) is 4. The van der Waals surface area contributed by atoms with Gasteiger partial charge in [-0.05, 0) is 45.7 Å². The predicted octanol–water partition coefficient (Wildman–Crippen LogP) is 3.31. The number of nitrogens with zero attached hydrogens (tertiary/aromatic N) is 2. The molecule has 1 aromatic heterocycles. The summed E-state index contributed by atoms with van der Waals surface area (Å²) in [6, 6.07) is 9.10. The van der Waals surface area contributed by atoms with Crippen LogP contribution in [-0.2, 0) is 11.3 Å². The van der Waals surface area contributed by atoms with Gasteiger partial charge in [0.1, 0.15) is 6.54 Å². The number of aromatic nitrogens is 2. The summed E-state index contributed by atoms with van der Waals surface area (Å²) in [5, 5.41) is 6.84. The van der Waals surface area contributed by atoms with E-state index in [9.17, 15) is 9.59 Å². The fourth-order valence-electron chi connectivity index (χ4n) is 2.33. The normalized spacial score (nSPS) is 11.3. The second-order valence-electron chi connectivity index (χ2n) is 6.37. The SMILES string of the molecule is CC(C)=CCC/C(C)=C/CNC(=O)Cn1nc(-c2ccccc2)oc1=O. The number of rotatable bonds is 8. The van der Waals surface area contributed by atoms with Crippen LogP contribution < -0.4 is 11.1 Å². The van der Waals surface area contributed by atoms with Gasteiger partial charge in [0.15, 0.2) is 0 Å². The molecule has 6 heteroatoms. The van der Waals surface area contributed by atoms with Crippen LogP contribution in [0.3, 0.4) is 0 Å². The molecular formula is C20H25N3O3. The van der Waals surface area contributed by atoms with Crippen LogP contribution >= 0.6 is 0 Å². The van der Waals surface area contributed by atoms with E-state index in [2.05, 4.69) is 30.3 Å². The van der Waals surface area contributed by atoms with Crippen molar-refractivity contribution in [2.45, 2.75) is 40.2 Å². The second kappa shape index (κ2) is 9.56. The fraction of sp³-hybridized carbons (Fsp3) is 0.350. The minimum Gasteiger partial charge on any atom is -0.388 e. The molecule has 1 amide bonds. The Morgan fingerprint density at radius 2 is 1.92 bits per heavy atom. The van der Waals surface area contributed by atoms with Gasteiger partial charge in [-0.15, -0.1) is 5.10 Å². The molecule has 2 aromatic rings. The minimum atomic E-state index is -0.646. The summed E-state index contributed by atoms with van der Waals surface area (Å²) in [5.74, 6) is -0.723. The Hall–Kier alpha value is -2.89. The molecule has 0 aliphatic rings. The van der Waals surface area contributed by atoms with Crippen molar-refractivity contribution in [3.05, 3.63) is 64.2 Å². The topological polar surface area (TPSA) is 77.1 Å². The zero-order valence-electron chi connectivity index (χ0n) is 15.5. The molecule has 0 spiro atoms. The molecule has 1 aromatic carbocycles. The van der Waals surface area contributed by atoms with Gasteiger partial charge in [-0.25, -0.2) is 4.79 Å². The first-order chi connectivity index (χ1) is 12.5. The third-order valence-electron chi connectivity index (χ3n) is 3.76. The average molecular weight is 355 g/mol. The van der Waals surface area contributed by atoms with E-state index in [1.54, 1.807) is 12.1 Å². The molecule has 0 fully saturated rings. The third-order valence-corrected chi connectivity index (χ3v) is 3.76. The molecule has 2 rings (SSSR count). The van der Waals surface area contributed by atoms with Gasteiger partial charge in [0, 0.05) is 12.1 Å². The van der Waals surface area contributed by atoms with Crippen LogP contribution in [0.5, 0.6) is 0 Å². The van der Waals surface area contributed by atoms with E-state index in [1.165, 1.54) is 11.1 Å². The van der Waals surface area contributed by atoms with E-state index >= 15 is 0 Å². The van der Waals surface area contributed by atoms with E-state index in [0.29, 0.717) is 12.1 Å². The summed E-state index contributed by atoms with van der Waals surface area (Å²) >= 11 is 0. The van der Waals surface area contributed by atoms with Crippen LogP contribution in [0.1, 0.15) is 33.6 Å². The summed E-state index contributed by atoms with van der Waals surface area (Å²) in [6.07, 6.45) is 6.13. The highest BCUT2D eigenvalue weighted by Crippen LogP contribution is 2.13. The third kappa shape index (κ3) is 6.20. The minimum absolute atomic E-state index is 0.167. The summed E-state index contributed by atoms with van der Waals surface area (Å²) in [4.78, 5) is 23.8. The quantitative estimate of drug-likeness (QED) is 0.737. The standard InChI is InChI=1S/C20H25N3O3/c1-15(2)8-7-9-16(3)12-13-21-18(24)14-23-20(25)26-19(22-23)17-10-5-4-6-11-17/h4-6,8,10-12H,7,9,13-14H2,1-3H3,(H,21,24)/b16-12+. The highest BCUT2D eigenvalue weighted by atomic mass is 16.4. The van der Waals surface area contributed by atoms with Gasteiger partial charge in [-0.1, -0.05) is 41.5 Å². The number of carbonyl (C=O) groups is 1. The van der Waals surface area contributed by atoms with Crippen molar-refractivity contribution < 1.29 is 9.21 Å². The highest BCUT2D eigenvalue weighted by Gasteiger charge is 2.12. The number of hydrogen-bond donors (Lipinski definition) is 1. The monoisotopic (exact) mass is 355 g/mol. The lowest BCUT2D eigenvalue weighted by Crippen LogP contribution is -2.31. The largest absolute Gasteiger partial charge is 0.437 e. The molecule has 26 heavy (non-hydrogen) atoms. The van der Waals surface area contributed by atoms with Gasteiger partial charge in [-0.2, -0.15) is 4.68 Å². The Balaban J connectivity index is 1.86. The first-order valence-corrected chi connectivity index (χ1v) is 8.65. The van der Waals surface area contributed by atoms with E-state index in [1.807, 2.05) is 31.2 Å². The first-order valence-electron chi connectivity index (χ1n) is 8.65. The van der Waals surface area contributed by atoms with E-state index < -0.39 is 5.76 Å². The number of amides is 1. The number of benzene rings is 1. The van der Waals surface area contributed by atoms with Crippen molar-refractivity contribution in [1.82, 2.24) is 15.1 Å². The lowest BCUT2D eigenvalue weighted by Gasteiger charge is -2.03. The molecule has 0 aliphatic carbocycles. The van der Waals surface area contributed by atoms with Crippen LogP contribution in [0.4, 0.5) is 0 Å². The molecule has 0 unspecified atom stereocenters. The molecule has 0 radical (unpaired) electrons. The zero-order chi connectivity index (χ0) is 18.9. The van der Waals surface area contributed by atoms with Crippen LogP contribution in [-0.4, -0.2) is 22.2 Å². The molecule has 0 aliphatic heterocycles. The molecule has 0 saturated carbocycles. The lowest BCUT2D eigenvalue weighted by atomic mass is 10.1. The Morgan fingerprint density at radius 3 is 2.62 bits per heavy atom. The van der Waals surface area contributed by atoms with Crippen molar-refractivity contribution in [3.63, 3.8) is 0 Å². The second-order valence-corrected chi connectivity index (χ2v) is 6.37. The smallest absolute Gasteiger partial charge is 0.388 e. The summed E-state index contributed by atoms with van der Waals surface area (Å²) in [5.41, 5.74) is 3.21. The lowest BCUT2D eigenvalue weighted by molar-refractivity contribution is -0.121. The molecule has 138 valence electrons. The van der Waals surface area contributed by atoms with Crippen LogP contribution in [0.15, 0.2) is 62.8 Å². The maximum absolute atomic E-state index is 12.0. The van der Waals surface area contributed by atoms with Gasteiger partial charge in [0.05, 0.1) is 0 Å². The number of allylic oxidation sites excluding steroid dienone is 3. The fourth-order valence-corrected chi connectivity index (χ4v) is 2.33. The van der Waals surface area contributed by atoms with Crippen molar-refractivity contribution in [2.24, 2.45) is 0 Å². The summed E-state index contributed by atoms with van der Waals surface area (Å²) < 4.78 is 6.14. The Bertz CT molecular complexity index is 841. The Kier molecular flexibility index (Phi) is 7.14. The maximum atomic E-state index is 12.0. The zero-order valence-corrected chi connectivity index (χ0v) is 15.5. The van der Waals surface area contributed by atoms with Gasteiger partial charge in [0.25, 0.3) is 0 Å². The molecular weight excluding hydrogens is 330 g/mol. The number of nitrogens with one attached hydrogen (secondary N) is 1. The maximum Gasteiger partial charge on any atom is 0.437 e. The van der Waals surface area contributed by atoms with Crippen molar-refractivity contribution >= 4 is 5.91 Å². The molecule has 0 atom stereocenters. The van der Waals surface area contributed by atoms with Gasteiger partial charge in [0.2, 0.25) is 11.8 Å². The Morgan fingerprint density at radius 1 is 1.19 bits per heavy atom. The van der Waals surface area contributed by atoms with Crippen molar-refractivity contribution in [2.75, 3.05) is 6.54 Å². The van der Waals surface area contributed by atoms with E-state index in [-0.39, 0.29) is 18.3 Å². The van der Waals surface area contributed by atoms with Crippen LogP contribution in [0, 0.1) is 0 Å². The van der Waals surface area contributed by atoms with Crippen LogP contribution in [0.2, 0.25) is 0 Å². The first kappa shape index (κ1) is 19.4. The van der Waals surface area contributed by atoms with Crippen LogP contribution in [0.25, 0.3) is 11.5 Å². The van der Waals surface area contributed by atoms with Gasteiger partial charge >= 0.3 is 5.76 Å². The molecule has 0 saturated heterocycles. The van der Waals surface area contributed by atoms with E-state index in [0.717, 1.165) is 17.5 Å². The highest BCUT2D eigenvalue weighted by molar-refractivity contribution is 5.75. The predicted molar refractivity (Wildman–Crippen MR) is 102 cm³/mol. The molecule has 1 N–H and O–H groups in total. The number of carbonyl (C=O) groups excluding carboxylic acids is 1. The summed E-state index contributed by atoms with van der Waals surface area (Å²) in [7, 11) is 0. The van der Waals surface area contributed by atoms with E-state index in [4.69, 9.17) is 4.42 Å². The van der Waals surface area contributed by atoms with Crippen molar-refractivity contribution in [1.29, 1.82) is 0 Å². The van der Waals surface area contributed by atoms with Crippen molar-refractivity contribution in [3.8, 4) is 11.5 Å². The van der Waals surface area contributed by atoms with Gasteiger partial charge in [-0.3, -0.25) is 4.79 Å².